The number of hydrogen-bond acceptors (Lipinski definition) is 2. The summed E-state index contributed by atoms with van der Waals surface area (Å²) in [6.07, 6.45) is 34.4. The number of rotatable bonds is 13. The first-order valence-corrected chi connectivity index (χ1v) is 17.6. The molecule has 4 aromatic carbocycles. The molecule has 0 spiro atoms. The summed E-state index contributed by atoms with van der Waals surface area (Å²) >= 11 is 0. The Morgan fingerprint density at radius 1 is 0.765 bits per heavy atom. The molecule has 0 amide bonds. The monoisotopic (exact) mass is 664 g/mol. The van der Waals surface area contributed by atoms with Gasteiger partial charge in [0.25, 0.3) is 0 Å². The molecular weight excluding hydrogens is 617 g/mol. The predicted molar refractivity (Wildman–Crippen MR) is 226 cm³/mol. The summed E-state index contributed by atoms with van der Waals surface area (Å²) in [5, 5.41) is 2.45. The molecule has 0 unspecified atom stereocenters. The van der Waals surface area contributed by atoms with Gasteiger partial charge >= 0.3 is 0 Å². The van der Waals surface area contributed by atoms with Crippen LogP contribution in [0.1, 0.15) is 43.9 Å². The molecule has 254 valence electrons. The molecule has 0 radical (unpaired) electrons. The van der Waals surface area contributed by atoms with Gasteiger partial charge in [0.1, 0.15) is 0 Å². The van der Waals surface area contributed by atoms with Crippen LogP contribution < -0.4 is 9.80 Å². The highest BCUT2D eigenvalue weighted by Gasteiger charge is 2.16. The third-order valence-electron chi connectivity index (χ3n) is 8.77. The number of allylic oxidation sites excluding steroid dienone is 16. The van der Waals surface area contributed by atoms with Gasteiger partial charge in [0, 0.05) is 34.2 Å². The van der Waals surface area contributed by atoms with Gasteiger partial charge in [-0.2, -0.15) is 0 Å². The summed E-state index contributed by atoms with van der Waals surface area (Å²) in [5.74, 6) is 0. The molecule has 51 heavy (non-hydrogen) atoms. The van der Waals surface area contributed by atoms with Gasteiger partial charge in [-0.05, 0) is 111 Å². The maximum absolute atomic E-state index is 4.23. The summed E-state index contributed by atoms with van der Waals surface area (Å²) < 4.78 is 0. The van der Waals surface area contributed by atoms with E-state index in [-0.39, 0.29) is 0 Å². The zero-order valence-corrected chi connectivity index (χ0v) is 30.3. The van der Waals surface area contributed by atoms with Crippen molar-refractivity contribution in [3.05, 3.63) is 223 Å². The molecule has 0 heterocycles. The molecule has 0 fully saturated rings. The second-order valence-corrected chi connectivity index (χ2v) is 12.3. The number of benzene rings is 4. The Hall–Kier alpha value is -6.12. The van der Waals surface area contributed by atoms with Gasteiger partial charge in [-0.1, -0.05) is 140 Å². The molecule has 0 bridgehead atoms. The van der Waals surface area contributed by atoms with Crippen LogP contribution in [0.4, 0.5) is 17.1 Å². The fraction of sp³-hybridized carbons (Fsp3) is 0.102. The summed E-state index contributed by atoms with van der Waals surface area (Å²) in [6.45, 7) is 16.7. The molecule has 0 aromatic heterocycles. The van der Waals surface area contributed by atoms with Crippen LogP contribution in [-0.4, -0.2) is 0 Å². The van der Waals surface area contributed by atoms with Crippen molar-refractivity contribution in [1.29, 1.82) is 0 Å². The average molecular weight is 665 g/mol. The van der Waals surface area contributed by atoms with Crippen molar-refractivity contribution in [2.45, 2.75) is 34.1 Å². The number of para-hydroxylation sites is 1. The van der Waals surface area contributed by atoms with Gasteiger partial charge in [0.15, 0.2) is 0 Å². The number of aryl methyl sites for hydroxylation is 1. The van der Waals surface area contributed by atoms with E-state index < -0.39 is 0 Å². The van der Waals surface area contributed by atoms with E-state index in [0.717, 1.165) is 51.6 Å². The minimum Gasteiger partial charge on any atom is -0.317 e. The number of fused-ring (bicyclic) bond motifs is 1. The zero-order chi connectivity index (χ0) is 36.0. The average Bonchev–Trinajstić information content (AvgIpc) is 3.41. The van der Waals surface area contributed by atoms with Crippen LogP contribution in [0.2, 0.25) is 0 Å². The van der Waals surface area contributed by atoms with Crippen LogP contribution in [0.3, 0.4) is 0 Å². The number of anilines is 3. The van der Waals surface area contributed by atoms with E-state index >= 15 is 0 Å². The van der Waals surface area contributed by atoms with Gasteiger partial charge in [0.05, 0.1) is 11.4 Å². The van der Waals surface area contributed by atoms with E-state index in [1.807, 2.05) is 50.3 Å². The molecule has 0 N–H and O–H groups in total. The van der Waals surface area contributed by atoms with E-state index in [2.05, 4.69) is 183 Å². The summed E-state index contributed by atoms with van der Waals surface area (Å²) in [5.41, 5.74) is 11.2. The molecule has 4 aromatic rings. The Labute approximate surface area is 305 Å². The Morgan fingerprint density at radius 3 is 2.31 bits per heavy atom. The fourth-order valence-corrected chi connectivity index (χ4v) is 6.24. The van der Waals surface area contributed by atoms with E-state index in [1.165, 1.54) is 21.9 Å². The molecule has 5 rings (SSSR count). The van der Waals surface area contributed by atoms with Crippen molar-refractivity contribution in [2.75, 3.05) is 9.80 Å². The molecule has 2 heteroatoms. The van der Waals surface area contributed by atoms with Crippen molar-refractivity contribution >= 4 is 40.0 Å². The van der Waals surface area contributed by atoms with Crippen LogP contribution in [-0.2, 0) is 0 Å². The molecule has 0 saturated carbocycles. The van der Waals surface area contributed by atoms with Gasteiger partial charge in [-0.25, -0.2) is 0 Å². The maximum atomic E-state index is 4.23. The topological polar surface area (TPSA) is 6.48 Å². The quantitative estimate of drug-likeness (QED) is 0.131. The van der Waals surface area contributed by atoms with Crippen molar-refractivity contribution in [3.63, 3.8) is 0 Å². The largest absolute Gasteiger partial charge is 0.317 e. The lowest BCUT2D eigenvalue weighted by atomic mass is 10.0. The first-order valence-electron chi connectivity index (χ1n) is 17.6. The van der Waals surface area contributed by atoms with Crippen molar-refractivity contribution in [3.8, 4) is 0 Å². The summed E-state index contributed by atoms with van der Waals surface area (Å²) in [7, 11) is 0. The molecular formula is C49H48N2. The van der Waals surface area contributed by atoms with Gasteiger partial charge < -0.3 is 9.80 Å². The predicted octanol–water partition coefficient (Wildman–Crippen LogP) is 13.9. The van der Waals surface area contributed by atoms with Gasteiger partial charge in [-0.15, -0.1) is 0 Å². The SMILES string of the molecule is C=C/C(=C\C=C(/C)N(c1ccccc1)c1cccc2ccc(C)cc12)C1=CC=C(N(/C=C/C=C\C=C/C)c2cccc(C=C)c2/C=C\C)C=CC1. The Morgan fingerprint density at radius 2 is 1.55 bits per heavy atom. The molecule has 0 aliphatic heterocycles. The van der Waals surface area contributed by atoms with Crippen molar-refractivity contribution in [1.82, 2.24) is 0 Å². The normalized spacial score (nSPS) is 14.0. The third-order valence-corrected chi connectivity index (χ3v) is 8.77. The minimum atomic E-state index is 0.781. The first-order chi connectivity index (χ1) is 25.0. The Bertz CT molecular complexity index is 2140. The zero-order valence-electron chi connectivity index (χ0n) is 30.3. The third kappa shape index (κ3) is 8.92. The van der Waals surface area contributed by atoms with Crippen LogP contribution in [0.25, 0.3) is 22.9 Å². The van der Waals surface area contributed by atoms with Gasteiger partial charge in [0.2, 0.25) is 0 Å². The second kappa shape index (κ2) is 18.0. The number of hydrogen-bond donors (Lipinski definition) is 0. The van der Waals surface area contributed by atoms with E-state index in [9.17, 15) is 0 Å². The molecule has 1 aliphatic carbocycles. The van der Waals surface area contributed by atoms with E-state index in [0.29, 0.717) is 0 Å². The van der Waals surface area contributed by atoms with Crippen molar-refractivity contribution in [2.24, 2.45) is 0 Å². The smallest absolute Gasteiger partial charge is 0.0536 e. The highest BCUT2D eigenvalue weighted by atomic mass is 15.1. The molecule has 0 saturated heterocycles. The maximum Gasteiger partial charge on any atom is 0.0536 e. The molecule has 2 nitrogen and oxygen atoms in total. The lowest BCUT2D eigenvalue weighted by Crippen LogP contribution is -2.15. The van der Waals surface area contributed by atoms with Crippen LogP contribution in [0, 0.1) is 6.92 Å². The van der Waals surface area contributed by atoms with Crippen LogP contribution >= 0.6 is 0 Å². The summed E-state index contributed by atoms with van der Waals surface area (Å²) in [6, 6.07) is 30.1. The minimum absolute atomic E-state index is 0.781. The van der Waals surface area contributed by atoms with Crippen molar-refractivity contribution < 1.29 is 0 Å². The standard InChI is InChI=1S/C49H48N2/c1-7-11-12-13-17-36-50(48-28-19-22-41(10-4)46(48)21-8-2)44-27-18-23-42(34-35-44)40(9-3)33-31-39(6)51(45-25-15-14-16-26-45)49-29-20-24-43-32-30-38(5)37-47(43)49/h7-22,24-37H,3-4,23H2,1-2,5-6H3/b11-7-,13-12-,21-8-,36-17+,39-31+,40-33+. The lowest BCUT2D eigenvalue weighted by molar-refractivity contribution is 1.16. The van der Waals surface area contributed by atoms with Gasteiger partial charge in [-0.3, -0.25) is 0 Å². The van der Waals surface area contributed by atoms with Crippen LogP contribution in [0.5, 0.6) is 0 Å². The first kappa shape index (κ1) is 36.2. The Kier molecular flexibility index (Phi) is 12.8. The van der Waals surface area contributed by atoms with Crippen LogP contribution in [0.15, 0.2) is 206 Å². The molecule has 1 aliphatic rings. The lowest BCUT2D eigenvalue weighted by Gasteiger charge is -2.27. The van der Waals surface area contributed by atoms with E-state index in [4.69, 9.17) is 0 Å². The summed E-state index contributed by atoms with van der Waals surface area (Å²) in [4.78, 5) is 4.58. The van der Waals surface area contributed by atoms with E-state index in [1.54, 1.807) is 0 Å². The number of nitrogens with zero attached hydrogens (tertiary/aromatic N) is 2. The molecule has 0 atom stereocenters. The Balaban J connectivity index is 1.55. The fourth-order valence-electron chi connectivity index (χ4n) is 6.24. The second-order valence-electron chi connectivity index (χ2n) is 12.3. The highest BCUT2D eigenvalue weighted by Crippen LogP contribution is 2.36. The highest BCUT2D eigenvalue weighted by molar-refractivity contribution is 5.97.